The van der Waals surface area contributed by atoms with Crippen LogP contribution in [0.1, 0.15) is 11.1 Å². The van der Waals surface area contributed by atoms with Gasteiger partial charge >= 0.3 is 0 Å². The maximum Gasteiger partial charge on any atom is 0.101 e. The van der Waals surface area contributed by atoms with Crippen LogP contribution in [0.2, 0.25) is 10.0 Å². The van der Waals surface area contributed by atoms with Gasteiger partial charge in [-0.15, -0.1) is 0 Å². The van der Waals surface area contributed by atoms with Crippen molar-refractivity contribution in [3.63, 3.8) is 0 Å². The van der Waals surface area contributed by atoms with E-state index in [0.29, 0.717) is 26.2 Å². The second-order valence-corrected chi connectivity index (χ2v) is 5.01. The van der Waals surface area contributed by atoms with Crippen molar-refractivity contribution in [2.75, 3.05) is 0 Å². The Labute approximate surface area is 126 Å². The standard InChI is InChI=1S/C15H8Cl3N/c16-11-6-7-14(17)12(8-11)15(18)13(9-19)10-4-2-1-3-5-10/h1-8H. The van der Waals surface area contributed by atoms with Crippen molar-refractivity contribution in [2.45, 2.75) is 0 Å². The Balaban J connectivity index is 2.62. The minimum Gasteiger partial charge on any atom is -0.192 e. The van der Waals surface area contributed by atoms with Gasteiger partial charge in [-0.05, 0) is 23.8 Å². The van der Waals surface area contributed by atoms with Gasteiger partial charge in [0.15, 0.2) is 0 Å². The average molecular weight is 309 g/mol. The molecule has 0 unspecified atom stereocenters. The highest BCUT2D eigenvalue weighted by Crippen LogP contribution is 2.34. The summed E-state index contributed by atoms with van der Waals surface area (Å²) in [5.74, 6) is 0. The van der Waals surface area contributed by atoms with Crippen molar-refractivity contribution in [1.29, 1.82) is 5.26 Å². The number of halogens is 3. The summed E-state index contributed by atoms with van der Waals surface area (Å²) < 4.78 is 0. The number of allylic oxidation sites excluding steroid dienone is 1. The Bertz CT molecular complexity index is 670. The number of hydrogen-bond donors (Lipinski definition) is 0. The van der Waals surface area contributed by atoms with Gasteiger partial charge in [0.1, 0.15) is 6.07 Å². The molecule has 0 aliphatic carbocycles. The Morgan fingerprint density at radius 1 is 1.00 bits per heavy atom. The smallest absolute Gasteiger partial charge is 0.101 e. The van der Waals surface area contributed by atoms with Crippen LogP contribution < -0.4 is 0 Å². The van der Waals surface area contributed by atoms with E-state index in [0.717, 1.165) is 5.56 Å². The van der Waals surface area contributed by atoms with E-state index in [-0.39, 0.29) is 0 Å². The molecule has 0 saturated heterocycles. The molecule has 0 aliphatic rings. The molecule has 0 radical (unpaired) electrons. The van der Waals surface area contributed by atoms with Gasteiger partial charge in [0, 0.05) is 15.6 Å². The van der Waals surface area contributed by atoms with Gasteiger partial charge in [0.25, 0.3) is 0 Å². The summed E-state index contributed by atoms with van der Waals surface area (Å²) in [7, 11) is 0. The van der Waals surface area contributed by atoms with E-state index in [1.165, 1.54) is 0 Å². The number of nitrogens with zero attached hydrogens (tertiary/aromatic N) is 1. The van der Waals surface area contributed by atoms with Crippen molar-refractivity contribution in [2.24, 2.45) is 0 Å². The van der Waals surface area contributed by atoms with Crippen LogP contribution in [0.4, 0.5) is 0 Å². The van der Waals surface area contributed by atoms with Crippen LogP contribution in [-0.4, -0.2) is 0 Å². The molecule has 94 valence electrons. The molecule has 0 N–H and O–H groups in total. The van der Waals surface area contributed by atoms with Crippen LogP contribution in [0.25, 0.3) is 10.6 Å². The van der Waals surface area contributed by atoms with Gasteiger partial charge in [0.2, 0.25) is 0 Å². The second kappa shape index (κ2) is 6.12. The molecular weight excluding hydrogens is 301 g/mol. The highest BCUT2D eigenvalue weighted by atomic mass is 35.5. The fourth-order valence-corrected chi connectivity index (χ4v) is 2.39. The summed E-state index contributed by atoms with van der Waals surface area (Å²) in [6.07, 6.45) is 0. The molecule has 0 heterocycles. The summed E-state index contributed by atoms with van der Waals surface area (Å²) in [5, 5.41) is 10.6. The van der Waals surface area contributed by atoms with E-state index in [1.54, 1.807) is 18.2 Å². The number of nitriles is 1. The lowest BCUT2D eigenvalue weighted by Crippen LogP contribution is -1.87. The van der Waals surface area contributed by atoms with E-state index in [2.05, 4.69) is 6.07 Å². The van der Waals surface area contributed by atoms with Crippen LogP contribution in [0.3, 0.4) is 0 Å². The first-order valence-electron chi connectivity index (χ1n) is 5.44. The Kier molecular flexibility index (Phi) is 4.50. The third-order valence-corrected chi connectivity index (χ3v) is 3.52. The average Bonchev–Trinajstić information content (AvgIpc) is 2.43. The molecular formula is C15H8Cl3N. The van der Waals surface area contributed by atoms with E-state index in [1.807, 2.05) is 30.3 Å². The quantitative estimate of drug-likeness (QED) is 0.521. The van der Waals surface area contributed by atoms with E-state index in [4.69, 9.17) is 34.8 Å². The van der Waals surface area contributed by atoms with Crippen molar-refractivity contribution in [1.82, 2.24) is 0 Å². The molecule has 0 atom stereocenters. The first-order valence-corrected chi connectivity index (χ1v) is 6.57. The fraction of sp³-hybridized carbons (Fsp3) is 0. The summed E-state index contributed by atoms with van der Waals surface area (Å²) in [6.45, 7) is 0. The number of rotatable bonds is 2. The maximum atomic E-state index is 9.30. The molecule has 0 saturated carbocycles. The minimum atomic E-state index is 0.293. The van der Waals surface area contributed by atoms with Gasteiger partial charge in [0.05, 0.1) is 10.6 Å². The van der Waals surface area contributed by atoms with E-state index in [9.17, 15) is 5.26 Å². The molecule has 2 aromatic carbocycles. The Hall–Kier alpha value is -1.46. The summed E-state index contributed by atoms with van der Waals surface area (Å²) in [5.41, 5.74) is 1.66. The van der Waals surface area contributed by atoms with Gasteiger partial charge < -0.3 is 0 Å². The number of hydrogen-bond acceptors (Lipinski definition) is 1. The lowest BCUT2D eigenvalue weighted by atomic mass is 10.0. The van der Waals surface area contributed by atoms with Crippen molar-refractivity contribution < 1.29 is 0 Å². The highest BCUT2D eigenvalue weighted by molar-refractivity contribution is 6.55. The molecule has 0 aromatic heterocycles. The number of benzene rings is 2. The summed E-state index contributed by atoms with van der Waals surface area (Å²) in [4.78, 5) is 0. The maximum absolute atomic E-state index is 9.30. The van der Waals surface area contributed by atoms with Crippen LogP contribution in [0.15, 0.2) is 48.5 Å². The first-order chi connectivity index (χ1) is 9.13. The second-order valence-electron chi connectivity index (χ2n) is 3.79. The van der Waals surface area contributed by atoms with Crippen molar-refractivity contribution >= 4 is 45.4 Å². The molecule has 4 heteroatoms. The molecule has 0 aliphatic heterocycles. The molecule has 2 aromatic rings. The van der Waals surface area contributed by atoms with Gasteiger partial charge in [-0.3, -0.25) is 0 Å². The molecule has 2 rings (SSSR count). The zero-order valence-corrected chi connectivity index (χ0v) is 12.0. The molecule has 1 nitrogen and oxygen atoms in total. The zero-order chi connectivity index (χ0) is 13.8. The highest BCUT2D eigenvalue weighted by Gasteiger charge is 2.12. The molecule has 0 amide bonds. The van der Waals surface area contributed by atoms with E-state index >= 15 is 0 Å². The monoisotopic (exact) mass is 307 g/mol. The Morgan fingerprint density at radius 3 is 2.32 bits per heavy atom. The molecule has 0 fully saturated rings. The summed E-state index contributed by atoms with van der Waals surface area (Å²) in [6, 6.07) is 16.3. The Morgan fingerprint density at radius 2 is 1.68 bits per heavy atom. The third-order valence-electron chi connectivity index (χ3n) is 2.56. The van der Waals surface area contributed by atoms with Gasteiger partial charge in [-0.25, -0.2) is 0 Å². The van der Waals surface area contributed by atoms with Gasteiger partial charge in [-0.1, -0.05) is 65.1 Å². The van der Waals surface area contributed by atoms with E-state index < -0.39 is 0 Å². The SMILES string of the molecule is N#CC(=C(Cl)c1cc(Cl)ccc1Cl)c1ccccc1. The molecule has 0 spiro atoms. The van der Waals surface area contributed by atoms with Crippen molar-refractivity contribution in [3.05, 3.63) is 69.7 Å². The normalized spacial score (nSPS) is 11.7. The molecule has 0 bridgehead atoms. The predicted octanol–water partition coefficient (Wildman–Crippen LogP) is 5.62. The fourth-order valence-electron chi connectivity index (χ4n) is 1.65. The van der Waals surface area contributed by atoms with Crippen LogP contribution >= 0.6 is 34.8 Å². The third kappa shape index (κ3) is 3.11. The van der Waals surface area contributed by atoms with Crippen molar-refractivity contribution in [3.8, 4) is 6.07 Å². The zero-order valence-electron chi connectivity index (χ0n) is 9.70. The topological polar surface area (TPSA) is 23.8 Å². The predicted molar refractivity (Wildman–Crippen MR) is 81.2 cm³/mol. The molecule has 19 heavy (non-hydrogen) atoms. The minimum absolute atomic E-state index is 0.293. The summed E-state index contributed by atoms with van der Waals surface area (Å²) >= 11 is 18.3. The van der Waals surface area contributed by atoms with Crippen LogP contribution in [0.5, 0.6) is 0 Å². The van der Waals surface area contributed by atoms with Crippen LogP contribution in [0, 0.1) is 11.3 Å². The lowest BCUT2D eigenvalue weighted by molar-refractivity contribution is 1.52. The van der Waals surface area contributed by atoms with Crippen LogP contribution in [-0.2, 0) is 0 Å². The lowest BCUT2D eigenvalue weighted by Gasteiger charge is -2.07. The van der Waals surface area contributed by atoms with Gasteiger partial charge in [-0.2, -0.15) is 5.26 Å². The first kappa shape index (κ1) is 14.0. The largest absolute Gasteiger partial charge is 0.192 e.